The van der Waals surface area contributed by atoms with Crippen LogP contribution in [0.3, 0.4) is 0 Å². The first-order valence-corrected chi connectivity index (χ1v) is 22.6. The van der Waals surface area contributed by atoms with E-state index < -0.39 is 0 Å². The van der Waals surface area contributed by atoms with Crippen LogP contribution < -0.4 is 20.0 Å². The van der Waals surface area contributed by atoms with Gasteiger partial charge in [0.05, 0.1) is 6.04 Å². The number of rotatable bonds is 8. The molecule has 4 nitrogen and oxygen atoms in total. The molecule has 10 rings (SSSR count). The van der Waals surface area contributed by atoms with Gasteiger partial charge >= 0.3 is 0 Å². The van der Waals surface area contributed by atoms with Crippen molar-refractivity contribution in [3.8, 4) is 22.3 Å². The summed E-state index contributed by atoms with van der Waals surface area (Å²) in [5.74, 6) is 0.601. The second-order valence-electron chi connectivity index (χ2n) is 16.8. The van der Waals surface area contributed by atoms with Crippen LogP contribution in [0.15, 0.2) is 249 Å². The Morgan fingerprint density at radius 2 is 1.12 bits per heavy atom. The minimum atomic E-state index is 0.278. The molecule has 0 saturated carbocycles. The van der Waals surface area contributed by atoms with E-state index >= 15 is 0 Å². The first-order chi connectivity index (χ1) is 32.1. The van der Waals surface area contributed by atoms with E-state index in [1.54, 1.807) is 0 Å². The molecule has 0 aromatic heterocycles. The molecule has 0 spiro atoms. The average Bonchev–Trinajstić information content (AvgIpc) is 3.39. The van der Waals surface area contributed by atoms with E-state index in [1.807, 2.05) is 18.4 Å². The van der Waals surface area contributed by atoms with Crippen molar-refractivity contribution in [2.24, 2.45) is 5.92 Å². The molecule has 2 aliphatic heterocycles. The van der Waals surface area contributed by atoms with Crippen LogP contribution in [0.4, 0.5) is 39.8 Å². The van der Waals surface area contributed by atoms with Gasteiger partial charge in [0.2, 0.25) is 0 Å². The first-order valence-electron chi connectivity index (χ1n) is 22.6. The van der Waals surface area contributed by atoms with Gasteiger partial charge in [-0.1, -0.05) is 153 Å². The second kappa shape index (κ2) is 18.7. The SMILES string of the molecule is C=C1/C=C(N(c2ccccc2)c2ccc(-c3ccc(N(c4ccccc4)c4ccc5c(c4)-c4ccccc4\C=C/C=C\C=C\N5)cc3)cc2)\C=C/N(C2C=CC(C)CC2)c2ccccc21. The molecule has 0 amide bonds. The smallest absolute Gasteiger partial charge is 0.0516 e. The predicted octanol–water partition coefficient (Wildman–Crippen LogP) is 16.4. The highest BCUT2D eigenvalue weighted by atomic mass is 15.2. The van der Waals surface area contributed by atoms with E-state index in [0.29, 0.717) is 5.92 Å². The van der Waals surface area contributed by atoms with Gasteiger partial charge < -0.3 is 20.0 Å². The van der Waals surface area contributed by atoms with Gasteiger partial charge in [0.15, 0.2) is 0 Å². The summed E-state index contributed by atoms with van der Waals surface area (Å²) in [6.07, 6.45) is 26.1. The molecule has 2 heterocycles. The number of hydrogen-bond donors (Lipinski definition) is 1. The van der Waals surface area contributed by atoms with Crippen LogP contribution in [0.5, 0.6) is 0 Å². The Kier molecular flexibility index (Phi) is 11.8. The van der Waals surface area contributed by atoms with E-state index in [1.165, 1.54) is 17.7 Å². The summed E-state index contributed by atoms with van der Waals surface area (Å²) in [5, 5.41) is 3.54. The summed E-state index contributed by atoms with van der Waals surface area (Å²) in [4.78, 5) is 7.10. The number of fused-ring (bicyclic) bond motifs is 4. The molecule has 7 aromatic carbocycles. The number of benzene rings is 7. The summed E-state index contributed by atoms with van der Waals surface area (Å²) >= 11 is 0. The number of para-hydroxylation sites is 3. The highest BCUT2D eigenvalue weighted by molar-refractivity contribution is 5.90. The Balaban J connectivity index is 0.984. The van der Waals surface area contributed by atoms with Crippen LogP contribution in [-0.4, -0.2) is 6.04 Å². The van der Waals surface area contributed by atoms with Crippen molar-refractivity contribution >= 4 is 51.5 Å². The Labute approximate surface area is 384 Å². The van der Waals surface area contributed by atoms with Gasteiger partial charge in [-0.3, -0.25) is 0 Å². The number of nitrogens with zero attached hydrogens (tertiary/aromatic N) is 3. The molecule has 316 valence electrons. The van der Waals surface area contributed by atoms with Crippen LogP contribution in [0.2, 0.25) is 0 Å². The lowest BCUT2D eigenvalue weighted by molar-refractivity contribution is 0.535. The maximum atomic E-state index is 4.63. The fourth-order valence-electron chi connectivity index (χ4n) is 9.16. The number of hydrogen-bond acceptors (Lipinski definition) is 4. The minimum Gasteiger partial charge on any atom is -0.361 e. The predicted molar refractivity (Wildman–Crippen MR) is 278 cm³/mol. The normalized spacial score (nSPS) is 19.2. The second-order valence-corrected chi connectivity index (χ2v) is 16.8. The molecular formula is C61H52N4. The zero-order valence-corrected chi connectivity index (χ0v) is 36.7. The van der Waals surface area contributed by atoms with E-state index in [4.69, 9.17) is 0 Å². The van der Waals surface area contributed by atoms with Gasteiger partial charge in [0.25, 0.3) is 0 Å². The third-order valence-electron chi connectivity index (χ3n) is 12.5. The Morgan fingerprint density at radius 3 is 1.83 bits per heavy atom. The lowest BCUT2D eigenvalue weighted by Gasteiger charge is -2.35. The van der Waals surface area contributed by atoms with Crippen molar-refractivity contribution in [1.29, 1.82) is 0 Å². The molecule has 4 heteroatoms. The Bertz CT molecular complexity index is 2990. The minimum absolute atomic E-state index is 0.278. The molecule has 1 N–H and O–H groups in total. The van der Waals surface area contributed by atoms with E-state index in [0.717, 1.165) is 79.6 Å². The number of allylic oxidation sites excluding steroid dienone is 8. The molecule has 0 saturated heterocycles. The summed E-state index contributed by atoms with van der Waals surface area (Å²) in [7, 11) is 0. The van der Waals surface area contributed by atoms with Crippen molar-refractivity contribution in [2.75, 3.05) is 20.0 Å². The van der Waals surface area contributed by atoms with Crippen LogP contribution in [0.25, 0.3) is 33.9 Å². The average molecular weight is 841 g/mol. The highest BCUT2D eigenvalue weighted by Crippen LogP contribution is 2.42. The standard InChI is InChI=1S/C61H52N4/c1-45-26-32-50(33-27-45)63-42-40-56(43-46(2)57-23-14-15-25-61(57)63)65(52-21-10-6-11-22-52)54-36-30-48(31-37-54)47-28-34-53(35-29-47)64(51-19-8-5-9-20-51)55-38-39-60-59(44-55)58-24-13-12-18-49(58)17-7-3-4-16-41-62-60/h3-26,28-32,34-45,50,62H,2,27,33H2,1H3/b4-3-,17-7-,41-16+,42-40-,56-43+. The van der Waals surface area contributed by atoms with Gasteiger partial charge in [0.1, 0.15) is 0 Å². The van der Waals surface area contributed by atoms with Crippen LogP contribution in [0, 0.1) is 5.92 Å². The molecule has 0 bridgehead atoms. The van der Waals surface area contributed by atoms with E-state index in [9.17, 15) is 0 Å². The topological polar surface area (TPSA) is 21.8 Å². The lowest BCUT2D eigenvalue weighted by Crippen LogP contribution is -2.32. The van der Waals surface area contributed by atoms with Crippen molar-refractivity contribution < 1.29 is 0 Å². The van der Waals surface area contributed by atoms with Crippen molar-refractivity contribution in [1.82, 2.24) is 0 Å². The summed E-state index contributed by atoms with van der Waals surface area (Å²) in [6.45, 7) is 6.93. The largest absolute Gasteiger partial charge is 0.361 e. The van der Waals surface area contributed by atoms with Crippen molar-refractivity contribution in [2.45, 2.75) is 25.8 Å². The third kappa shape index (κ3) is 8.80. The maximum Gasteiger partial charge on any atom is 0.0516 e. The van der Waals surface area contributed by atoms with Gasteiger partial charge in [-0.25, -0.2) is 0 Å². The van der Waals surface area contributed by atoms with Gasteiger partial charge in [0, 0.05) is 69.0 Å². The molecule has 0 fully saturated rings. The maximum absolute atomic E-state index is 4.63. The molecule has 0 radical (unpaired) electrons. The molecule has 7 aromatic rings. The van der Waals surface area contributed by atoms with Crippen LogP contribution >= 0.6 is 0 Å². The number of nitrogens with one attached hydrogen (secondary N) is 1. The Morgan fingerprint density at radius 1 is 0.523 bits per heavy atom. The van der Waals surface area contributed by atoms with E-state index in [-0.39, 0.29) is 6.04 Å². The summed E-state index contributed by atoms with van der Waals surface area (Å²) in [6, 6.07) is 63.3. The van der Waals surface area contributed by atoms with Crippen LogP contribution in [0.1, 0.15) is 30.9 Å². The van der Waals surface area contributed by atoms with Crippen molar-refractivity contribution in [3.05, 3.63) is 260 Å². The molecule has 2 atom stereocenters. The zero-order chi connectivity index (χ0) is 44.0. The lowest BCUT2D eigenvalue weighted by atomic mass is 9.92. The molecule has 1 aliphatic carbocycles. The molecule has 65 heavy (non-hydrogen) atoms. The zero-order valence-electron chi connectivity index (χ0n) is 36.7. The molecule has 3 aliphatic rings. The molecule has 2 unspecified atom stereocenters. The van der Waals surface area contributed by atoms with Gasteiger partial charge in [-0.15, -0.1) is 0 Å². The third-order valence-corrected chi connectivity index (χ3v) is 12.5. The fraction of sp³-hybridized carbons (Fsp3) is 0.0820. The first kappa shape index (κ1) is 41.0. The van der Waals surface area contributed by atoms with Crippen LogP contribution in [-0.2, 0) is 0 Å². The highest BCUT2D eigenvalue weighted by Gasteiger charge is 2.24. The quantitative estimate of drug-likeness (QED) is 0.154. The molecular weight excluding hydrogens is 789 g/mol. The van der Waals surface area contributed by atoms with E-state index in [2.05, 4.69) is 258 Å². The summed E-state index contributed by atoms with van der Waals surface area (Å²) in [5.41, 5.74) is 16.5. The monoisotopic (exact) mass is 840 g/mol. The fourth-order valence-corrected chi connectivity index (χ4v) is 9.16. The number of anilines is 7. The summed E-state index contributed by atoms with van der Waals surface area (Å²) < 4.78 is 0. The van der Waals surface area contributed by atoms with Gasteiger partial charge in [-0.05, 0) is 138 Å². The Hall–Kier alpha value is -8.08. The van der Waals surface area contributed by atoms with Gasteiger partial charge in [-0.2, -0.15) is 0 Å². The van der Waals surface area contributed by atoms with Crippen molar-refractivity contribution in [3.63, 3.8) is 0 Å².